The minimum absolute atomic E-state index is 0.176. The molecular formula is C25H20F3N3OS. The topological polar surface area (TPSA) is 45.2 Å². The highest BCUT2D eigenvalue weighted by molar-refractivity contribution is 7.19. The third kappa shape index (κ3) is 4.75. The van der Waals surface area contributed by atoms with Gasteiger partial charge < -0.3 is 4.90 Å². The van der Waals surface area contributed by atoms with Crippen molar-refractivity contribution >= 4 is 28.1 Å². The van der Waals surface area contributed by atoms with Crippen LogP contribution < -0.4 is 10.2 Å². The molecule has 168 valence electrons. The lowest BCUT2D eigenvalue weighted by Crippen LogP contribution is -2.15. The van der Waals surface area contributed by atoms with E-state index in [1.807, 2.05) is 49.3 Å². The van der Waals surface area contributed by atoms with E-state index >= 15 is 0 Å². The second kappa shape index (κ2) is 9.46. The van der Waals surface area contributed by atoms with Gasteiger partial charge in [-0.25, -0.2) is 18.2 Å². The van der Waals surface area contributed by atoms with Gasteiger partial charge in [-0.3, -0.25) is 10.1 Å². The summed E-state index contributed by atoms with van der Waals surface area (Å²) in [5.74, 6) is -2.85. The van der Waals surface area contributed by atoms with Crippen molar-refractivity contribution < 1.29 is 18.0 Å². The van der Waals surface area contributed by atoms with Crippen LogP contribution in [0.5, 0.6) is 0 Å². The third-order valence-corrected chi connectivity index (χ3v) is 6.06. The first-order chi connectivity index (χ1) is 15.9. The second-order valence-corrected chi connectivity index (χ2v) is 8.52. The lowest BCUT2D eigenvalue weighted by atomic mass is 10.0. The van der Waals surface area contributed by atoms with Gasteiger partial charge in [-0.1, -0.05) is 47.7 Å². The number of carbonyl (C=O) groups is 1. The predicted molar refractivity (Wildman–Crippen MR) is 126 cm³/mol. The molecule has 4 aromatic rings. The number of nitrogens with zero attached hydrogens (tertiary/aromatic N) is 2. The fraction of sp³-hybridized carbons (Fsp3) is 0.120. The first-order valence-electron chi connectivity index (χ1n) is 10.1. The molecule has 1 heterocycles. The number of hydrogen-bond acceptors (Lipinski definition) is 4. The molecule has 0 spiro atoms. The Labute approximate surface area is 193 Å². The molecule has 0 unspecified atom stereocenters. The van der Waals surface area contributed by atoms with Crippen molar-refractivity contribution in [3.63, 3.8) is 0 Å². The molecule has 33 heavy (non-hydrogen) atoms. The van der Waals surface area contributed by atoms with Crippen LogP contribution in [0.4, 0.5) is 24.0 Å². The van der Waals surface area contributed by atoms with Gasteiger partial charge in [0, 0.05) is 25.3 Å². The summed E-state index contributed by atoms with van der Waals surface area (Å²) >= 11 is 1.15. The van der Waals surface area contributed by atoms with Crippen LogP contribution in [-0.4, -0.2) is 25.0 Å². The van der Waals surface area contributed by atoms with Gasteiger partial charge in [-0.2, -0.15) is 0 Å². The Morgan fingerprint density at radius 2 is 1.64 bits per heavy atom. The summed E-state index contributed by atoms with van der Waals surface area (Å²) in [5.41, 5.74) is 2.92. The molecule has 8 heteroatoms. The van der Waals surface area contributed by atoms with Crippen LogP contribution in [0.1, 0.15) is 15.9 Å². The number of hydrogen-bond donors (Lipinski definition) is 1. The predicted octanol–water partition coefficient (Wildman–Crippen LogP) is 6.54. The number of halogens is 3. The van der Waals surface area contributed by atoms with Crippen molar-refractivity contribution in [1.29, 1.82) is 0 Å². The molecule has 1 amide bonds. The SMILES string of the molecule is CN(C)c1ccc(-c2nc(NC(=O)c3c(F)cccc3F)sc2-c2cccc(CF)c2)cc1. The van der Waals surface area contributed by atoms with Crippen LogP contribution >= 0.6 is 11.3 Å². The lowest BCUT2D eigenvalue weighted by Gasteiger charge is -2.12. The maximum absolute atomic E-state index is 14.0. The number of amides is 1. The Hall–Kier alpha value is -3.65. The van der Waals surface area contributed by atoms with E-state index in [1.54, 1.807) is 18.2 Å². The van der Waals surface area contributed by atoms with Crippen LogP contribution in [-0.2, 0) is 6.67 Å². The molecule has 0 radical (unpaired) electrons. The first kappa shape index (κ1) is 22.5. The highest BCUT2D eigenvalue weighted by Gasteiger charge is 2.21. The molecule has 0 saturated heterocycles. The smallest absolute Gasteiger partial charge is 0.263 e. The Bertz CT molecular complexity index is 1280. The van der Waals surface area contributed by atoms with Crippen molar-refractivity contribution in [3.05, 3.63) is 89.5 Å². The molecule has 0 bridgehead atoms. The number of carbonyl (C=O) groups excluding carboxylic acids is 1. The number of nitrogens with one attached hydrogen (secondary N) is 1. The summed E-state index contributed by atoms with van der Waals surface area (Å²) < 4.78 is 41.4. The molecule has 0 fully saturated rings. The molecule has 0 aliphatic rings. The zero-order valence-corrected chi connectivity index (χ0v) is 18.7. The molecule has 0 aliphatic heterocycles. The zero-order valence-electron chi connectivity index (χ0n) is 17.9. The fourth-order valence-corrected chi connectivity index (χ4v) is 4.33. The molecule has 1 aromatic heterocycles. The highest BCUT2D eigenvalue weighted by Crippen LogP contribution is 2.40. The monoisotopic (exact) mass is 467 g/mol. The number of alkyl halides is 1. The van der Waals surface area contributed by atoms with Gasteiger partial charge in [-0.15, -0.1) is 0 Å². The molecule has 4 nitrogen and oxygen atoms in total. The van der Waals surface area contributed by atoms with Gasteiger partial charge in [0.1, 0.15) is 23.9 Å². The number of anilines is 2. The van der Waals surface area contributed by atoms with Crippen LogP contribution in [0.25, 0.3) is 21.7 Å². The van der Waals surface area contributed by atoms with Crippen molar-refractivity contribution in [1.82, 2.24) is 4.98 Å². The zero-order chi connectivity index (χ0) is 23.5. The number of rotatable bonds is 6. The van der Waals surface area contributed by atoms with E-state index in [1.165, 1.54) is 6.07 Å². The van der Waals surface area contributed by atoms with Gasteiger partial charge in [0.15, 0.2) is 5.13 Å². The van der Waals surface area contributed by atoms with E-state index in [2.05, 4.69) is 10.3 Å². The number of benzene rings is 3. The Kier molecular flexibility index (Phi) is 6.46. The molecule has 3 aromatic carbocycles. The van der Waals surface area contributed by atoms with E-state index in [-0.39, 0.29) is 5.13 Å². The fourth-order valence-electron chi connectivity index (χ4n) is 3.35. The van der Waals surface area contributed by atoms with Crippen molar-refractivity contribution in [2.45, 2.75) is 6.67 Å². The maximum Gasteiger partial charge on any atom is 0.263 e. The highest BCUT2D eigenvalue weighted by atomic mass is 32.1. The van der Waals surface area contributed by atoms with Crippen LogP contribution in [0, 0.1) is 11.6 Å². The van der Waals surface area contributed by atoms with Gasteiger partial charge >= 0.3 is 0 Å². The minimum Gasteiger partial charge on any atom is -0.378 e. The van der Waals surface area contributed by atoms with E-state index < -0.39 is 29.8 Å². The Balaban J connectivity index is 1.77. The van der Waals surface area contributed by atoms with Crippen molar-refractivity contribution in [2.75, 3.05) is 24.3 Å². The third-order valence-electron chi connectivity index (χ3n) is 5.04. The Morgan fingerprint density at radius 1 is 0.970 bits per heavy atom. The molecular weight excluding hydrogens is 447 g/mol. The summed E-state index contributed by atoms with van der Waals surface area (Å²) in [6.07, 6.45) is 0. The van der Waals surface area contributed by atoms with Gasteiger partial charge in [0.2, 0.25) is 0 Å². The standard InChI is InChI=1S/C25H20F3N3OS/c1-31(2)18-11-9-16(10-12-18)22-23(17-6-3-5-15(13-17)14-26)33-25(29-22)30-24(32)21-19(27)7-4-8-20(21)28/h3-13H,14H2,1-2H3,(H,29,30,32). The second-order valence-electron chi connectivity index (χ2n) is 7.52. The molecule has 0 aliphatic carbocycles. The van der Waals surface area contributed by atoms with E-state index in [0.717, 1.165) is 40.3 Å². The molecule has 0 atom stereocenters. The van der Waals surface area contributed by atoms with E-state index in [4.69, 9.17) is 0 Å². The average molecular weight is 468 g/mol. The largest absolute Gasteiger partial charge is 0.378 e. The summed E-state index contributed by atoms with van der Waals surface area (Å²) in [7, 11) is 3.86. The summed E-state index contributed by atoms with van der Waals surface area (Å²) in [5, 5.41) is 2.68. The number of thiazole rings is 1. The van der Waals surface area contributed by atoms with Gasteiger partial charge in [-0.05, 0) is 41.5 Å². The summed E-state index contributed by atoms with van der Waals surface area (Å²) in [4.78, 5) is 19.8. The van der Waals surface area contributed by atoms with Crippen molar-refractivity contribution in [2.24, 2.45) is 0 Å². The molecule has 1 N–H and O–H groups in total. The lowest BCUT2D eigenvalue weighted by molar-refractivity contribution is 0.101. The van der Waals surface area contributed by atoms with E-state index in [9.17, 15) is 18.0 Å². The average Bonchev–Trinajstić information content (AvgIpc) is 3.22. The van der Waals surface area contributed by atoms with Crippen LogP contribution in [0.2, 0.25) is 0 Å². The normalized spacial score (nSPS) is 10.8. The number of aromatic nitrogens is 1. The quantitative estimate of drug-likeness (QED) is 0.350. The van der Waals surface area contributed by atoms with Crippen LogP contribution in [0.15, 0.2) is 66.7 Å². The minimum atomic E-state index is -0.959. The Morgan fingerprint density at radius 3 is 2.27 bits per heavy atom. The van der Waals surface area contributed by atoms with E-state index in [0.29, 0.717) is 16.1 Å². The van der Waals surface area contributed by atoms with Crippen LogP contribution in [0.3, 0.4) is 0 Å². The first-order valence-corrected chi connectivity index (χ1v) is 10.9. The molecule has 4 rings (SSSR count). The summed E-state index contributed by atoms with van der Waals surface area (Å²) in [6, 6.07) is 17.9. The van der Waals surface area contributed by atoms with Crippen molar-refractivity contribution in [3.8, 4) is 21.7 Å². The molecule has 0 saturated carbocycles. The summed E-state index contributed by atoms with van der Waals surface area (Å²) in [6.45, 7) is -0.615. The van der Waals surface area contributed by atoms with Gasteiger partial charge in [0.25, 0.3) is 5.91 Å². The maximum atomic E-state index is 14.0. The van der Waals surface area contributed by atoms with Gasteiger partial charge in [0.05, 0.1) is 10.6 Å².